The van der Waals surface area contributed by atoms with Gasteiger partial charge in [0.05, 0.1) is 26.4 Å². The highest BCUT2D eigenvalue weighted by molar-refractivity contribution is 7.92. The lowest BCUT2D eigenvalue weighted by Gasteiger charge is -2.22. The Hall–Kier alpha value is -2.94. The van der Waals surface area contributed by atoms with Crippen LogP contribution in [-0.4, -0.2) is 41.7 Å². The second-order valence-electron chi connectivity index (χ2n) is 7.89. The molecule has 164 valence electrons. The smallest absolute Gasteiger partial charge is 0.317 e. The number of nitrogens with one attached hydrogen (secondary N) is 3. The average molecular weight is 469 g/mol. The molecular formula is C23H21ClN4O3S. The number of nitrogens with zero attached hydrogens (tertiary/aromatic N) is 1. The largest absolute Gasteiger partial charge is 0.325 e. The lowest BCUT2D eigenvalue weighted by atomic mass is 10.0. The molecule has 2 aromatic heterocycles. The van der Waals surface area contributed by atoms with Crippen LogP contribution in [0.3, 0.4) is 0 Å². The van der Waals surface area contributed by atoms with Gasteiger partial charge in [-0.15, -0.1) is 0 Å². The van der Waals surface area contributed by atoms with Crippen molar-refractivity contribution in [3.05, 3.63) is 70.1 Å². The standard InChI is InChI=1S/C23H21ClN4O3S/c24-19-13-20-22(28-23(29)26-20)27-21(19)16-3-1-14(2-4-16)15-5-7-17(8-6-15)32(30,31)18-9-11-25-12-10-18/h1-8,13,18,25H,9-12H2,(H2,26,27,28,29). The van der Waals surface area contributed by atoms with Crippen molar-refractivity contribution in [3.63, 3.8) is 0 Å². The molecule has 0 atom stereocenters. The Bertz CT molecular complexity index is 1440. The van der Waals surface area contributed by atoms with Crippen molar-refractivity contribution in [2.24, 2.45) is 0 Å². The van der Waals surface area contributed by atoms with Gasteiger partial charge in [-0.3, -0.25) is 4.98 Å². The van der Waals surface area contributed by atoms with E-state index in [-0.39, 0.29) is 10.9 Å². The average Bonchev–Trinajstić information content (AvgIpc) is 3.18. The van der Waals surface area contributed by atoms with E-state index in [0.29, 0.717) is 39.6 Å². The minimum absolute atomic E-state index is 0.321. The molecule has 3 heterocycles. The number of sulfone groups is 1. The zero-order valence-electron chi connectivity index (χ0n) is 17.1. The molecule has 1 aliphatic heterocycles. The predicted octanol–water partition coefficient (Wildman–Crippen LogP) is 3.76. The number of fused-ring (bicyclic) bond motifs is 1. The predicted molar refractivity (Wildman–Crippen MR) is 126 cm³/mol. The number of hydrogen-bond acceptors (Lipinski definition) is 5. The summed E-state index contributed by atoms with van der Waals surface area (Å²) in [5, 5.41) is 3.32. The molecule has 3 N–H and O–H groups in total. The molecule has 32 heavy (non-hydrogen) atoms. The zero-order chi connectivity index (χ0) is 22.3. The highest BCUT2D eigenvalue weighted by atomic mass is 35.5. The number of imidazole rings is 1. The van der Waals surface area contributed by atoms with E-state index in [0.717, 1.165) is 29.8 Å². The third-order valence-electron chi connectivity index (χ3n) is 5.86. The number of rotatable bonds is 4. The molecule has 0 aliphatic carbocycles. The summed E-state index contributed by atoms with van der Waals surface area (Å²) in [6.45, 7) is 1.47. The molecule has 1 aliphatic rings. The molecule has 1 fully saturated rings. The Morgan fingerprint density at radius 3 is 2.12 bits per heavy atom. The Morgan fingerprint density at radius 2 is 1.47 bits per heavy atom. The summed E-state index contributed by atoms with van der Waals surface area (Å²) >= 11 is 6.37. The molecule has 2 aromatic carbocycles. The van der Waals surface area contributed by atoms with Crippen LogP contribution >= 0.6 is 11.6 Å². The molecule has 4 aromatic rings. The van der Waals surface area contributed by atoms with E-state index in [4.69, 9.17) is 11.6 Å². The summed E-state index contributed by atoms with van der Waals surface area (Å²) in [5.74, 6) is 0. The summed E-state index contributed by atoms with van der Waals surface area (Å²) in [5.41, 5.74) is 3.93. The summed E-state index contributed by atoms with van der Waals surface area (Å²) in [6, 6.07) is 16.4. The normalized spacial score (nSPS) is 15.3. The summed E-state index contributed by atoms with van der Waals surface area (Å²) < 4.78 is 25.8. The Labute approximate surface area is 189 Å². The third kappa shape index (κ3) is 3.85. The van der Waals surface area contributed by atoms with Gasteiger partial charge in [0.1, 0.15) is 0 Å². The molecule has 1 saturated heterocycles. The van der Waals surface area contributed by atoms with Gasteiger partial charge in [0.25, 0.3) is 0 Å². The summed E-state index contributed by atoms with van der Waals surface area (Å²) in [4.78, 5) is 21.6. The number of hydrogen-bond donors (Lipinski definition) is 3. The molecular weight excluding hydrogens is 448 g/mol. The number of benzene rings is 2. The monoisotopic (exact) mass is 468 g/mol. The van der Waals surface area contributed by atoms with Gasteiger partial charge in [0, 0.05) is 5.56 Å². The maximum Gasteiger partial charge on any atom is 0.325 e. The molecule has 9 heteroatoms. The quantitative estimate of drug-likeness (QED) is 0.422. The van der Waals surface area contributed by atoms with Crippen LogP contribution in [-0.2, 0) is 9.84 Å². The zero-order valence-corrected chi connectivity index (χ0v) is 18.6. The number of halogens is 1. The first-order valence-electron chi connectivity index (χ1n) is 10.4. The maximum atomic E-state index is 12.9. The van der Waals surface area contributed by atoms with Gasteiger partial charge in [-0.2, -0.15) is 0 Å². The van der Waals surface area contributed by atoms with E-state index in [1.165, 1.54) is 0 Å². The van der Waals surface area contributed by atoms with Crippen LogP contribution < -0.4 is 11.0 Å². The lowest BCUT2D eigenvalue weighted by molar-refractivity contribution is 0.496. The number of pyridine rings is 1. The SMILES string of the molecule is O=c1[nH]c2cc(Cl)c(-c3ccc(-c4ccc(S(=O)(=O)C5CCNCC5)cc4)cc3)nc2[nH]1. The number of aromatic nitrogens is 3. The topological polar surface area (TPSA) is 108 Å². The van der Waals surface area contributed by atoms with E-state index in [2.05, 4.69) is 20.3 Å². The first-order chi connectivity index (χ1) is 15.4. The second-order valence-corrected chi connectivity index (χ2v) is 10.5. The van der Waals surface area contributed by atoms with E-state index < -0.39 is 9.84 Å². The number of aromatic amines is 2. The van der Waals surface area contributed by atoms with Crippen molar-refractivity contribution in [3.8, 4) is 22.4 Å². The van der Waals surface area contributed by atoms with E-state index in [1.54, 1.807) is 18.2 Å². The second kappa shape index (κ2) is 8.20. The van der Waals surface area contributed by atoms with Crippen molar-refractivity contribution in [2.75, 3.05) is 13.1 Å². The fourth-order valence-electron chi connectivity index (χ4n) is 4.10. The number of H-pyrrole nitrogens is 2. The number of piperidine rings is 1. The van der Waals surface area contributed by atoms with Crippen molar-refractivity contribution >= 4 is 32.6 Å². The van der Waals surface area contributed by atoms with Crippen LogP contribution in [0.15, 0.2) is 64.3 Å². The summed E-state index contributed by atoms with van der Waals surface area (Å²) in [6.07, 6.45) is 1.29. The van der Waals surface area contributed by atoms with Crippen LogP contribution in [0.2, 0.25) is 5.02 Å². The lowest BCUT2D eigenvalue weighted by Crippen LogP contribution is -2.35. The van der Waals surface area contributed by atoms with Gasteiger partial charge in [0.2, 0.25) is 0 Å². The first kappa shape index (κ1) is 20.9. The van der Waals surface area contributed by atoms with Crippen LogP contribution in [0.25, 0.3) is 33.5 Å². The molecule has 0 spiro atoms. The van der Waals surface area contributed by atoms with Crippen molar-refractivity contribution in [2.45, 2.75) is 23.0 Å². The van der Waals surface area contributed by atoms with E-state index in [9.17, 15) is 13.2 Å². The van der Waals surface area contributed by atoms with Crippen LogP contribution in [0.4, 0.5) is 0 Å². The fraction of sp³-hybridized carbons (Fsp3) is 0.217. The van der Waals surface area contributed by atoms with Crippen molar-refractivity contribution in [1.29, 1.82) is 0 Å². The molecule has 0 unspecified atom stereocenters. The van der Waals surface area contributed by atoms with E-state index in [1.807, 2.05) is 36.4 Å². The first-order valence-corrected chi connectivity index (χ1v) is 12.3. The van der Waals surface area contributed by atoms with Crippen LogP contribution in [0, 0.1) is 0 Å². The molecule has 0 saturated carbocycles. The molecule has 0 amide bonds. The van der Waals surface area contributed by atoms with Crippen molar-refractivity contribution < 1.29 is 8.42 Å². The Kier molecular flexibility index (Phi) is 5.36. The van der Waals surface area contributed by atoms with Crippen molar-refractivity contribution in [1.82, 2.24) is 20.3 Å². The maximum absolute atomic E-state index is 12.9. The summed E-state index contributed by atoms with van der Waals surface area (Å²) in [7, 11) is -3.32. The highest BCUT2D eigenvalue weighted by Crippen LogP contribution is 2.31. The Balaban J connectivity index is 1.41. The molecule has 5 rings (SSSR count). The third-order valence-corrected chi connectivity index (χ3v) is 8.42. The van der Waals surface area contributed by atoms with Gasteiger partial charge in [0.15, 0.2) is 15.5 Å². The van der Waals surface area contributed by atoms with E-state index >= 15 is 0 Å². The highest BCUT2D eigenvalue weighted by Gasteiger charge is 2.28. The van der Waals surface area contributed by atoms with Gasteiger partial charge >= 0.3 is 5.69 Å². The minimum Gasteiger partial charge on any atom is -0.317 e. The van der Waals surface area contributed by atoms with Gasteiger partial charge in [-0.05, 0) is 55.3 Å². The van der Waals surface area contributed by atoms with Gasteiger partial charge < -0.3 is 10.3 Å². The minimum atomic E-state index is -3.32. The molecule has 0 radical (unpaired) electrons. The van der Waals surface area contributed by atoms with Crippen LogP contribution in [0.1, 0.15) is 12.8 Å². The van der Waals surface area contributed by atoms with Gasteiger partial charge in [-0.1, -0.05) is 48.0 Å². The molecule has 0 bridgehead atoms. The van der Waals surface area contributed by atoms with Crippen LogP contribution in [0.5, 0.6) is 0 Å². The molecule has 7 nitrogen and oxygen atoms in total. The Morgan fingerprint density at radius 1 is 0.875 bits per heavy atom. The fourth-order valence-corrected chi connectivity index (χ4v) is 6.12. The van der Waals surface area contributed by atoms with Gasteiger partial charge in [-0.25, -0.2) is 18.2 Å².